The van der Waals surface area contributed by atoms with E-state index in [1.807, 2.05) is 0 Å². The van der Waals surface area contributed by atoms with Gasteiger partial charge in [-0.2, -0.15) is 0 Å². The molecule has 1 aliphatic heterocycles. The van der Waals surface area contributed by atoms with E-state index in [9.17, 15) is 5.11 Å². The zero-order valence-electron chi connectivity index (χ0n) is 11.1. The molecule has 6 heteroatoms. The van der Waals surface area contributed by atoms with Gasteiger partial charge in [-0.3, -0.25) is 4.90 Å². The van der Waals surface area contributed by atoms with Crippen LogP contribution in [-0.4, -0.2) is 36.2 Å². The summed E-state index contributed by atoms with van der Waals surface area (Å²) in [5, 5.41) is 9.80. The predicted octanol–water partition coefficient (Wildman–Crippen LogP) is 2.36. The first kappa shape index (κ1) is 16.6. The fourth-order valence-electron chi connectivity index (χ4n) is 2.34. The minimum atomic E-state index is 0. The highest BCUT2D eigenvalue weighted by atomic mass is 79.9. The van der Waals surface area contributed by atoms with Crippen LogP contribution in [-0.2, 0) is 6.54 Å². The second-order valence-electron chi connectivity index (χ2n) is 4.95. The molecule has 19 heavy (non-hydrogen) atoms. The standard InChI is InChI=1S/C13H19BrN2O2.ClH/c1-8-5-16(7-11(8)15)6-9-3-12(17)13(18-2)4-10(9)14;/h3-4,8,11,17H,5-7,15H2,1-2H3;1H. The molecule has 2 unspecified atom stereocenters. The van der Waals surface area contributed by atoms with Crippen LogP contribution in [0.25, 0.3) is 0 Å². The third-order valence-corrected chi connectivity index (χ3v) is 4.23. The molecule has 1 aromatic carbocycles. The van der Waals surface area contributed by atoms with E-state index in [-0.39, 0.29) is 24.2 Å². The quantitative estimate of drug-likeness (QED) is 0.878. The SMILES string of the molecule is COc1cc(Br)c(CN2CC(C)C(N)C2)cc1O.Cl. The molecule has 0 aromatic heterocycles. The number of likely N-dealkylation sites (tertiary alicyclic amines) is 1. The van der Waals surface area contributed by atoms with E-state index in [1.54, 1.807) is 19.2 Å². The van der Waals surface area contributed by atoms with Gasteiger partial charge < -0.3 is 15.6 Å². The molecule has 0 amide bonds. The first-order valence-electron chi connectivity index (χ1n) is 6.04. The van der Waals surface area contributed by atoms with E-state index in [0.717, 1.165) is 29.7 Å². The van der Waals surface area contributed by atoms with Crippen LogP contribution in [0.3, 0.4) is 0 Å². The number of hydrogen-bond donors (Lipinski definition) is 2. The summed E-state index contributed by atoms with van der Waals surface area (Å²) >= 11 is 3.51. The van der Waals surface area contributed by atoms with Crippen LogP contribution >= 0.6 is 28.3 Å². The van der Waals surface area contributed by atoms with E-state index in [0.29, 0.717) is 11.7 Å². The van der Waals surface area contributed by atoms with Crippen LogP contribution in [0.2, 0.25) is 0 Å². The van der Waals surface area contributed by atoms with Gasteiger partial charge in [0.1, 0.15) is 0 Å². The van der Waals surface area contributed by atoms with Crippen LogP contribution in [0, 0.1) is 5.92 Å². The van der Waals surface area contributed by atoms with Crippen molar-refractivity contribution in [1.82, 2.24) is 4.90 Å². The lowest BCUT2D eigenvalue weighted by Gasteiger charge is -2.17. The Morgan fingerprint density at radius 1 is 1.47 bits per heavy atom. The number of benzene rings is 1. The monoisotopic (exact) mass is 350 g/mol. The van der Waals surface area contributed by atoms with E-state index in [1.165, 1.54) is 0 Å². The Balaban J connectivity index is 0.00000180. The highest BCUT2D eigenvalue weighted by Crippen LogP contribution is 2.33. The van der Waals surface area contributed by atoms with Crippen molar-refractivity contribution in [3.05, 3.63) is 22.2 Å². The summed E-state index contributed by atoms with van der Waals surface area (Å²) in [6.45, 7) is 4.86. The molecule has 1 heterocycles. The lowest BCUT2D eigenvalue weighted by atomic mass is 10.1. The molecule has 0 aliphatic carbocycles. The number of methoxy groups -OCH3 is 1. The molecule has 2 rings (SSSR count). The molecule has 108 valence electrons. The van der Waals surface area contributed by atoms with Gasteiger partial charge in [-0.1, -0.05) is 22.9 Å². The molecule has 0 spiro atoms. The minimum absolute atomic E-state index is 0. The van der Waals surface area contributed by atoms with Gasteiger partial charge in [0.15, 0.2) is 11.5 Å². The number of nitrogens with zero attached hydrogens (tertiary/aromatic N) is 1. The molecule has 3 N–H and O–H groups in total. The normalized spacial score (nSPS) is 23.2. The molecule has 4 nitrogen and oxygen atoms in total. The van der Waals surface area contributed by atoms with E-state index in [4.69, 9.17) is 10.5 Å². The molecular formula is C13H20BrClN2O2. The Kier molecular flexibility index (Phi) is 5.92. The average Bonchev–Trinajstić information content (AvgIpc) is 2.62. The molecule has 0 saturated carbocycles. The maximum Gasteiger partial charge on any atom is 0.161 e. The molecule has 1 aliphatic rings. The summed E-state index contributed by atoms with van der Waals surface area (Å²) in [7, 11) is 1.54. The van der Waals surface area contributed by atoms with Crippen molar-refractivity contribution in [1.29, 1.82) is 0 Å². The Morgan fingerprint density at radius 2 is 2.16 bits per heavy atom. The topological polar surface area (TPSA) is 58.7 Å². The summed E-state index contributed by atoms with van der Waals surface area (Å²) in [4.78, 5) is 2.31. The largest absolute Gasteiger partial charge is 0.504 e. The zero-order chi connectivity index (χ0) is 13.3. The summed E-state index contributed by atoms with van der Waals surface area (Å²) in [5.41, 5.74) is 7.06. The first-order valence-corrected chi connectivity index (χ1v) is 6.84. The second-order valence-corrected chi connectivity index (χ2v) is 5.81. The predicted molar refractivity (Wildman–Crippen MR) is 82.0 cm³/mol. The number of rotatable bonds is 3. The summed E-state index contributed by atoms with van der Waals surface area (Å²) in [5.74, 6) is 1.18. The van der Waals surface area contributed by atoms with Crippen molar-refractivity contribution in [2.45, 2.75) is 19.5 Å². The summed E-state index contributed by atoms with van der Waals surface area (Å²) in [6, 6.07) is 3.79. The van der Waals surface area contributed by atoms with Gasteiger partial charge in [0.25, 0.3) is 0 Å². The maximum absolute atomic E-state index is 9.80. The van der Waals surface area contributed by atoms with Crippen molar-refractivity contribution in [2.75, 3.05) is 20.2 Å². The van der Waals surface area contributed by atoms with E-state index in [2.05, 4.69) is 27.8 Å². The Bertz CT molecular complexity index is 435. The van der Waals surface area contributed by atoms with Crippen molar-refractivity contribution >= 4 is 28.3 Å². The fraction of sp³-hybridized carbons (Fsp3) is 0.538. The van der Waals surface area contributed by atoms with Gasteiger partial charge in [0, 0.05) is 30.1 Å². The van der Waals surface area contributed by atoms with Crippen molar-refractivity contribution < 1.29 is 9.84 Å². The number of hydrogen-bond acceptors (Lipinski definition) is 4. The van der Waals surface area contributed by atoms with Crippen molar-refractivity contribution in [2.24, 2.45) is 11.7 Å². The van der Waals surface area contributed by atoms with Crippen LogP contribution in [0.1, 0.15) is 12.5 Å². The molecule has 1 saturated heterocycles. The van der Waals surface area contributed by atoms with Crippen LogP contribution < -0.4 is 10.5 Å². The first-order chi connectivity index (χ1) is 8.51. The van der Waals surface area contributed by atoms with Crippen LogP contribution in [0.15, 0.2) is 16.6 Å². The lowest BCUT2D eigenvalue weighted by molar-refractivity contribution is 0.316. The van der Waals surface area contributed by atoms with Gasteiger partial charge in [-0.15, -0.1) is 12.4 Å². The maximum atomic E-state index is 9.80. The molecule has 2 atom stereocenters. The molecule has 0 bridgehead atoms. The number of aromatic hydroxyl groups is 1. The fourth-order valence-corrected chi connectivity index (χ4v) is 2.78. The van der Waals surface area contributed by atoms with Crippen LogP contribution in [0.5, 0.6) is 11.5 Å². The number of halogens is 2. The Hall–Kier alpha value is -0.490. The molecular weight excluding hydrogens is 332 g/mol. The molecule has 1 aromatic rings. The van der Waals surface area contributed by atoms with Gasteiger partial charge in [-0.05, 0) is 23.6 Å². The number of nitrogens with two attached hydrogens (primary N) is 1. The smallest absolute Gasteiger partial charge is 0.161 e. The Morgan fingerprint density at radius 3 is 2.68 bits per heavy atom. The van der Waals surface area contributed by atoms with Crippen molar-refractivity contribution in [3.8, 4) is 11.5 Å². The number of phenols is 1. The van der Waals surface area contributed by atoms with Gasteiger partial charge in [0.2, 0.25) is 0 Å². The second kappa shape index (κ2) is 6.79. The third-order valence-electron chi connectivity index (χ3n) is 3.49. The lowest BCUT2D eigenvalue weighted by Crippen LogP contribution is -2.28. The van der Waals surface area contributed by atoms with Gasteiger partial charge in [0.05, 0.1) is 7.11 Å². The van der Waals surface area contributed by atoms with Crippen LogP contribution in [0.4, 0.5) is 0 Å². The average molecular weight is 352 g/mol. The van der Waals surface area contributed by atoms with Gasteiger partial charge in [-0.25, -0.2) is 0 Å². The molecule has 0 radical (unpaired) electrons. The van der Waals surface area contributed by atoms with E-state index < -0.39 is 0 Å². The molecule has 1 fully saturated rings. The Labute approximate surface area is 128 Å². The minimum Gasteiger partial charge on any atom is -0.504 e. The highest BCUT2D eigenvalue weighted by molar-refractivity contribution is 9.10. The number of phenolic OH excluding ortho intramolecular Hbond substituents is 1. The zero-order valence-corrected chi connectivity index (χ0v) is 13.5. The number of ether oxygens (including phenoxy) is 1. The van der Waals surface area contributed by atoms with E-state index >= 15 is 0 Å². The van der Waals surface area contributed by atoms with Gasteiger partial charge >= 0.3 is 0 Å². The highest BCUT2D eigenvalue weighted by Gasteiger charge is 2.26. The summed E-state index contributed by atoms with van der Waals surface area (Å²) in [6.07, 6.45) is 0. The third kappa shape index (κ3) is 3.75. The summed E-state index contributed by atoms with van der Waals surface area (Å²) < 4.78 is 6.02. The van der Waals surface area contributed by atoms with Crippen molar-refractivity contribution in [3.63, 3.8) is 0 Å².